The Bertz CT molecular complexity index is 1140. The Morgan fingerprint density at radius 3 is 2.68 bits per heavy atom. The van der Waals surface area contributed by atoms with Crippen molar-refractivity contribution in [1.82, 2.24) is 9.78 Å². The van der Waals surface area contributed by atoms with Gasteiger partial charge >= 0.3 is 0 Å². The summed E-state index contributed by atoms with van der Waals surface area (Å²) < 4.78 is 7.15. The number of nitrogens with zero attached hydrogens (tertiary/aromatic N) is 2. The monoisotopic (exact) mass is 391 g/mol. The van der Waals surface area contributed by atoms with Crippen LogP contribution in [-0.4, -0.2) is 22.8 Å². The lowest BCUT2D eigenvalue weighted by molar-refractivity contribution is 0.103. The van der Waals surface area contributed by atoms with Gasteiger partial charge in [-0.15, -0.1) is 11.3 Å². The number of aryl methyl sites for hydroxylation is 2. The quantitative estimate of drug-likeness (QED) is 0.513. The van der Waals surface area contributed by atoms with Crippen molar-refractivity contribution in [3.63, 3.8) is 0 Å². The predicted octanol–water partition coefficient (Wildman–Crippen LogP) is 5.13. The Hall–Kier alpha value is -3.12. The van der Waals surface area contributed by atoms with Gasteiger partial charge in [0.2, 0.25) is 0 Å². The topological polar surface area (TPSA) is 56.1 Å². The number of nitrogens with one attached hydrogen (secondary N) is 1. The molecule has 0 aliphatic heterocycles. The summed E-state index contributed by atoms with van der Waals surface area (Å²) in [6.45, 7) is 2.11. The van der Waals surface area contributed by atoms with Crippen molar-refractivity contribution in [1.29, 1.82) is 0 Å². The Morgan fingerprint density at radius 1 is 1.18 bits per heavy atom. The van der Waals surface area contributed by atoms with E-state index in [1.807, 2.05) is 66.3 Å². The van der Waals surface area contributed by atoms with E-state index in [2.05, 4.69) is 17.3 Å². The van der Waals surface area contributed by atoms with Gasteiger partial charge in [0.1, 0.15) is 16.3 Å². The number of thiophene rings is 1. The number of ether oxygens (including phenoxy) is 1. The third-order valence-electron chi connectivity index (χ3n) is 4.70. The fourth-order valence-electron chi connectivity index (χ4n) is 3.15. The van der Waals surface area contributed by atoms with Crippen molar-refractivity contribution in [2.24, 2.45) is 7.05 Å². The van der Waals surface area contributed by atoms with E-state index in [4.69, 9.17) is 4.74 Å². The highest BCUT2D eigenvalue weighted by Gasteiger charge is 2.18. The first-order valence-corrected chi connectivity index (χ1v) is 9.92. The molecule has 1 amide bonds. The maximum absolute atomic E-state index is 12.7. The molecule has 0 radical (unpaired) electrons. The maximum Gasteiger partial charge on any atom is 0.265 e. The van der Waals surface area contributed by atoms with E-state index in [1.165, 1.54) is 16.9 Å². The second-order valence-corrected chi connectivity index (χ2v) is 7.57. The van der Waals surface area contributed by atoms with Crippen molar-refractivity contribution < 1.29 is 9.53 Å². The van der Waals surface area contributed by atoms with Crippen LogP contribution in [0.1, 0.15) is 22.2 Å². The molecular weight excluding hydrogens is 370 g/mol. The molecule has 0 bridgehead atoms. The number of carbonyl (C=O) groups is 1. The van der Waals surface area contributed by atoms with Gasteiger partial charge in [-0.3, -0.25) is 9.48 Å². The summed E-state index contributed by atoms with van der Waals surface area (Å²) >= 11 is 1.44. The number of rotatable bonds is 5. The zero-order valence-corrected chi connectivity index (χ0v) is 16.8. The van der Waals surface area contributed by atoms with Crippen LogP contribution in [0.2, 0.25) is 0 Å². The summed E-state index contributed by atoms with van der Waals surface area (Å²) in [4.78, 5) is 14.4. The average molecular weight is 391 g/mol. The van der Waals surface area contributed by atoms with Crippen molar-refractivity contribution in [3.05, 3.63) is 65.0 Å². The molecule has 2 aromatic heterocycles. The van der Waals surface area contributed by atoms with Crippen LogP contribution in [0.15, 0.2) is 54.6 Å². The molecule has 0 unspecified atom stereocenters. The maximum atomic E-state index is 12.7. The van der Waals surface area contributed by atoms with Gasteiger partial charge in [0.15, 0.2) is 0 Å². The summed E-state index contributed by atoms with van der Waals surface area (Å²) in [5, 5.41) is 8.58. The van der Waals surface area contributed by atoms with E-state index in [-0.39, 0.29) is 5.91 Å². The first-order chi connectivity index (χ1) is 13.6. The van der Waals surface area contributed by atoms with Gasteiger partial charge in [-0.1, -0.05) is 31.2 Å². The van der Waals surface area contributed by atoms with Gasteiger partial charge < -0.3 is 10.1 Å². The molecule has 28 heavy (non-hydrogen) atoms. The fraction of sp³-hybridized carbons (Fsp3) is 0.182. The minimum atomic E-state index is -0.109. The lowest BCUT2D eigenvalue weighted by Crippen LogP contribution is -2.10. The molecule has 4 rings (SSSR count). The normalized spacial score (nSPS) is 11.0. The Balaban J connectivity index is 1.66. The summed E-state index contributed by atoms with van der Waals surface area (Å²) in [5.41, 5.74) is 3.85. The third-order valence-corrected chi connectivity index (χ3v) is 5.90. The second-order valence-electron chi connectivity index (χ2n) is 6.54. The number of methoxy groups -OCH3 is 1. The van der Waals surface area contributed by atoms with E-state index in [9.17, 15) is 4.79 Å². The smallest absolute Gasteiger partial charge is 0.265 e. The summed E-state index contributed by atoms with van der Waals surface area (Å²) in [7, 11) is 3.54. The molecule has 0 atom stereocenters. The van der Waals surface area contributed by atoms with Gasteiger partial charge in [-0.05, 0) is 42.3 Å². The van der Waals surface area contributed by atoms with E-state index in [1.54, 1.807) is 7.11 Å². The van der Waals surface area contributed by atoms with Gasteiger partial charge in [0.05, 0.1) is 12.0 Å². The number of fused-ring (bicyclic) bond motifs is 1. The minimum absolute atomic E-state index is 0.109. The summed E-state index contributed by atoms with van der Waals surface area (Å²) in [5.74, 6) is 0.669. The molecule has 0 aliphatic rings. The molecule has 0 aliphatic carbocycles. The second kappa shape index (κ2) is 7.48. The highest BCUT2D eigenvalue weighted by molar-refractivity contribution is 7.20. The van der Waals surface area contributed by atoms with Crippen molar-refractivity contribution in [2.45, 2.75) is 13.3 Å². The minimum Gasteiger partial charge on any atom is -0.497 e. The molecule has 2 heterocycles. The van der Waals surface area contributed by atoms with Crippen molar-refractivity contribution >= 4 is 33.1 Å². The van der Waals surface area contributed by atoms with Crippen LogP contribution in [0, 0.1) is 0 Å². The Kier molecular flexibility index (Phi) is 4.88. The Labute approximate surface area is 167 Å². The first-order valence-electron chi connectivity index (χ1n) is 9.10. The van der Waals surface area contributed by atoms with Crippen molar-refractivity contribution in [3.8, 4) is 17.0 Å². The standard InChI is InChI=1S/C22H21N3O2S/c1-4-14-8-10-16(11-9-14)23-21(26)19-13-18-20(24-25(2)22(18)28-19)15-6-5-7-17(12-15)27-3/h5-13H,4H2,1-3H3,(H,23,26). The number of hydrogen-bond acceptors (Lipinski definition) is 4. The molecule has 4 aromatic rings. The Morgan fingerprint density at radius 2 is 1.96 bits per heavy atom. The van der Waals surface area contributed by atoms with Crippen LogP contribution in [0.5, 0.6) is 5.75 Å². The SMILES string of the molecule is CCc1ccc(NC(=O)c2cc3c(-c4cccc(OC)c4)nn(C)c3s2)cc1. The van der Waals surface area contributed by atoms with Crippen LogP contribution in [0.3, 0.4) is 0 Å². The van der Waals surface area contributed by atoms with E-state index in [0.717, 1.165) is 39.3 Å². The highest BCUT2D eigenvalue weighted by atomic mass is 32.1. The summed E-state index contributed by atoms with van der Waals surface area (Å²) in [6.07, 6.45) is 0.977. The molecule has 5 nitrogen and oxygen atoms in total. The van der Waals surface area contributed by atoms with Crippen LogP contribution in [-0.2, 0) is 13.5 Å². The molecule has 0 fully saturated rings. The van der Waals surface area contributed by atoms with E-state index >= 15 is 0 Å². The molecule has 0 saturated heterocycles. The molecule has 6 heteroatoms. The van der Waals surface area contributed by atoms with Gasteiger partial charge in [-0.25, -0.2) is 0 Å². The van der Waals surface area contributed by atoms with Crippen LogP contribution >= 0.6 is 11.3 Å². The number of benzene rings is 2. The number of carbonyl (C=O) groups excluding carboxylic acids is 1. The number of amides is 1. The lowest BCUT2D eigenvalue weighted by Gasteiger charge is -2.04. The van der Waals surface area contributed by atoms with Crippen molar-refractivity contribution in [2.75, 3.05) is 12.4 Å². The third kappa shape index (κ3) is 3.39. The van der Waals surface area contributed by atoms with E-state index < -0.39 is 0 Å². The van der Waals surface area contributed by atoms with E-state index in [0.29, 0.717) is 4.88 Å². The first kappa shape index (κ1) is 18.3. The lowest BCUT2D eigenvalue weighted by atomic mass is 10.1. The number of aromatic nitrogens is 2. The molecular formula is C22H21N3O2S. The fourth-order valence-corrected chi connectivity index (χ4v) is 4.12. The van der Waals surface area contributed by atoms with Gasteiger partial charge in [0, 0.05) is 23.7 Å². The molecule has 1 N–H and O–H groups in total. The zero-order valence-electron chi connectivity index (χ0n) is 16.0. The largest absolute Gasteiger partial charge is 0.497 e. The van der Waals surface area contributed by atoms with Crippen LogP contribution < -0.4 is 10.1 Å². The number of hydrogen-bond donors (Lipinski definition) is 1. The molecule has 0 spiro atoms. The van der Waals surface area contributed by atoms with Gasteiger partial charge in [-0.2, -0.15) is 5.10 Å². The van der Waals surface area contributed by atoms with Crippen LogP contribution in [0.4, 0.5) is 5.69 Å². The highest BCUT2D eigenvalue weighted by Crippen LogP contribution is 2.35. The molecule has 0 saturated carbocycles. The predicted molar refractivity (Wildman–Crippen MR) is 114 cm³/mol. The number of anilines is 1. The average Bonchev–Trinajstić information content (AvgIpc) is 3.29. The van der Waals surface area contributed by atoms with Gasteiger partial charge in [0.25, 0.3) is 5.91 Å². The zero-order chi connectivity index (χ0) is 19.7. The van der Waals surface area contributed by atoms with Crippen LogP contribution in [0.25, 0.3) is 21.5 Å². The molecule has 142 valence electrons. The summed E-state index contributed by atoms with van der Waals surface area (Å²) in [6, 6.07) is 17.6. The molecule has 2 aromatic carbocycles.